The van der Waals surface area contributed by atoms with Crippen molar-refractivity contribution < 1.29 is 22.3 Å². The van der Waals surface area contributed by atoms with Gasteiger partial charge in [-0.1, -0.05) is 0 Å². The van der Waals surface area contributed by atoms with Gasteiger partial charge in [0.2, 0.25) is 0 Å². The number of amides is 1. The Bertz CT molecular complexity index is 641. The third-order valence-corrected chi connectivity index (χ3v) is 4.52. The first-order valence-electron chi connectivity index (χ1n) is 5.92. The number of carbonyl (C=O) groups is 1. The molecule has 0 spiro atoms. The third-order valence-electron chi connectivity index (χ3n) is 3.17. The van der Waals surface area contributed by atoms with Crippen LogP contribution in [-0.2, 0) is 18.6 Å². The molecule has 1 aromatic carbocycles. The third kappa shape index (κ3) is 3.11. The van der Waals surface area contributed by atoms with E-state index in [0.717, 1.165) is 24.6 Å². The van der Waals surface area contributed by atoms with E-state index in [1.807, 2.05) is 0 Å². The van der Waals surface area contributed by atoms with Gasteiger partial charge in [0.15, 0.2) is 0 Å². The van der Waals surface area contributed by atoms with E-state index in [2.05, 4.69) is 5.32 Å². The van der Waals surface area contributed by atoms with Gasteiger partial charge in [0, 0.05) is 17.3 Å². The first-order valence-corrected chi connectivity index (χ1v) is 8.23. The van der Waals surface area contributed by atoms with Gasteiger partial charge in [0.25, 0.3) is 15.0 Å². The molecule has 5 nitrogen and oxygen atoms in total. The van der Waals surface area contributed by atoms with Crippen molar-refractivity contribution in [3.05, 3.63) is 24.0 Å². The molecule has 2 rings (SSSR count). The molecule has 1 fully saturated rings. The Hall–Kier alpha value is -1.18. The summed E-state index contributed by atoms with van der Waals surface area (Å²) in [6.07, 6.45) is 1.31. The highest BCUT2D eigenvalue weighted by atomic mass is 35.7. The average Bonchev–Trinajstić information content (AvgIpc) is 2.78. The second-order valence-corrected chi connectivity index (χ2v) is 7.28. The molecule has 1 saturated heterocycles. The van der Waals surface area contributed by atoms with Crippen molar-refractivity contribution in [2.45, 2.75) is 30.3 Å². The Balaban J connectivity index is 2.20. The highest BCUT2D eigenvalue weighted by Crippen LogP contribution is 2.28. The summed E-state index contributed by atoms with van der Waals surface area (Å²) in [5.41, 5.74) is -1.10. The summed E-state index contributed by atoms with van der Waals surface area (Å²) in [4.78, 5) is 11.7. The number of nitrogens with one attached hydrogen (secondary N) is 1. The Morgan fingerprint density at radius 2 is 2.20 bits per heavy atom. The summed E-state index contributed by atoms with van der Waals surface area (Å²) in [5, 5.41) is 2.39. The van der Waals surface area contributed by atoms with Crippen molar-refractivity contribution in [2.75, 3.05) is 11.9 Å². The number of anilines is 1. The van der Waals surface area contributed by atoms with E-state index < -0.39 is 26.4 Å². The maximum Gasteiger partial charge on any atom is 0.261 e. The second kappa shape index (κ2) is 5.31. The lowest BCUT2D eigenvalue weighted by Gasteiger charge is -2.22. The molecule has 0 aliphatic carbocycles. The zero-order valence-electron chi connectivity index (χ0n) is 10.7. The van der Waals surface area contributed by atoms with E-state index in [-0.39, 0.29) is 10.6 Å². The number of halogens is 2. The molecule has 110 valence electrons. The molecule has 1 N–H and O–H groups in total. The lowest BCUT2D eigenvalue weighted by atomic mass is 10.0. The van der Waals surface area contributed by atoms with Crippen LogP contribution in [0, 0.1) is 5.82 Å². The Kier molecular flexibility index (Phi) is 4.04. The Morgan fingerprint density at radius 1 is 1.50 bits per heavy atom. The summed E-state index contributed by atoms with van der Waals surface area (Å²) in [6, 6.07) is 3.04. The summed E-state index contributed by atoms with van der Waals surface area (Å²) in [5.74, 6) is -1.34. The lowest BCUT2D eigenvalue weighted by molar-refractivity contribution is -0.133. The summed E-state index contributed by atoms with van der Waals surface area (Å²) < 4.78 is 41.3. The monoisotopic (exact) mass is 321 g/mol. The van der Waals surface area contributed by atoms with Crippen LogP contribution in [0.5, 0.6) is 0 Å². The van der Waals surface area contributed by atoms with E-state index in [1.54, 1.807) is 6.92 Å². The fourth-order valence-corrected chi connectivity index (χ4v) is 2.72. The van der Waals surface area contributed by atoms with Gasteiger partial charge in [-0.05, 0) is 38.0 Å². The SMILES string of the molecule is CC1(C(=O)Nc2ccc(S(=O)(=O)Cl)cc2F)CCCO1. The molecule has 0 bridgehead atoms. The van der Waals surface area contributed by atoms with Gasteiger partial charge in [-0.15, -0.1) is 0 Å². The minimum absolute atomic E-state index is 0.115. The van der Waals surface area contributed by atoms with Gasteiger partial charge in [-0.3, -0.25) is 4.79 Å². The predicted octanol–water partition coefficient (Wildman–Crippen LogP) is 2.26. The number of ether oxygens (including phenoxy) is 1. The maximum absolute atomic E-state index is 13.8. The van der Waals surface area contributed by atoms with Crippen LogP contribution in [0.3, 0.4) is 0 Å². The zero-order chi connectivity index (χ0) is 15.0. The number of hydrogen-bond donors (Lipinski definition) is 1. The van der Waals surface area contributed by atoms with Crippen LogP contribution in [0.1, 0.15) is 19.8 Å². The van der Waals surface area contributed by atoms with Crippen molar-refractivity contribution in [1.82, 2.24) is 0 Å². The van der Waals surface area contributed by atoms with Crippen LogP contribution in [0.2, 0.25) is 0 Å². The molecule has 20 heavy (non-hydrogen) atoms. The molecule has 8 heteroatoms. The molecule has 0 radical (unpaired) electrons. The van der Waals surface area contributed by atoms with E-state index in [1.165, 1.54) is 0 Å². The number of hydrogen-bond acceptors (Lipinski definition) is 4. The Labute approximate surface area is 120 Å². The Morgan fingerprint density at radius 3 is 2.70 bits per heavy atom. The fourth-order valence-electron chi connectivity index (χ4n) is 1.96. The van der Waals surface area contributed by atoms with Crippen molar-refractivity contribution in [1.29, 1.82) is 0 Å². The van der Waals surface area contributed by atoms with Crippen LogP contribution in [0.15, 0.2) is 23.1 Å². The van der Waals surface area contributed by atoms with E-state index in [4.69, 9.17) is 15.4 Å². The molecular weight excluding hydrogens is 309 g/mol. The molecule has 1 heterocycles. The van der Waals surface area contributed by atoms with Gasteiger partial charge in [0.05, 0.1) is 10.6 Å². The highest BCUT2D eigenvalue weighted by Gasteiger charge is 2.38. The molecule has 0 saturated carbocycles. The van der Waals surface area contributed by atoms with Crippen LogP contribution in [0.4, 0.5) is 10.1 Å². The standard InChI is InChI=1S/C12H13ClFNO4S/c1-12(5-2-6-19-12)11(16)15-10-4-3-8(7-9(10)14)20(13,17)18/h3-4,7H,2,5-6H2,1H3,(H,15,16). The minimum Gasteiger partial charge on any atom is -0.365 e. The lowest BCUT2D eigenvalue weighted by Crippen LogP contribution is -2.39. The molecule has 1 amide bonds. The second-order valence-electron chi connectivity index (χ2n) is 4.72. The van der Waals surface area contributed by atoms with E-state index >= 15 is 0 Å². The number of rotatable bonds is 3. The van der Waals surface area contributed by atoms with Gasteiger partial charge < -0.3 is 10.1 Å². The summed E-state index contributed by atoms with van der Waals surface area (Å²) in [6.45, 7) is 2.11. The topological polar surface area (TPSA) is 72.5 Å². The van der Waals surface area contributed by atoms with E-state index in [0.29, 0.717) is 13.0 Å². The van der Waals surface area contributed by atoms with Crippen molar-refractivity contribution in [3.8, 4) is 0 Å². The molecule has 0 aromatic heterocycles. The normalized spacial score (nSPS) is 22.8. The van der Waals surface area contributed by atoms with Crippen LogP contribution in [-0.4, -0.2) is 26.5 Å². The molecule has 1 aromatic rings. The summed E-state index contributed by atoms with van der Waals surface area (Å²) in [7, 11) is 1.11. The van der Waals surface area contributed by atoms with Gasteiger partial charge in [0.1, 0.15) is 11.4 Å². The van der Waals surface area contributed by atoms with E-state index in [9.17, 15) is 17.6 Å². The fraction of sp³-hybridized carbons (Fsp3) is 0.417. The quantitative estimate of drug-likeness (QED) is 0.867. The summed E-state index contributed by atoms with van der Waals surface area (Å²) >= 11 is 0. The molecule has 1 atom stereocenters. The van der Waals surface area contributed by atoms with Crippen molar-refractivity contribution in [2.24, 2.45) is 0 Å². The van der Waals surface area contributed by atoms with Crippen LogP contribution >= 0.6 is 10.7 Å². The highest BCUT2D eigenvalue weighted by molar-refractivity contribution is 8.13. The first-order chi connectivity index (χ1) is 9.22. The number of benzene rings is 1. The largest absolute Gasteiger partial charge is 0.365 e. The minimum atomic E-state index is -4.00. The average molecular weight is 322 g/mol. The van der Waals surface area contributed by atoms with Crippen LogP contribution < -0.4 is 5.32 Å². The predicted molar refractivity (Wildman–Crippen MR) is 71.7 cm³/mol. The van der Waals surface area contributed by atoms with Crippen molar-refractivity contribution in [3.63, 3.8) is 0 Å². The smallest absolute Gasteiger partial charge is 0.261 e. The van der Waals surface area contributed by atoms with Crippen molar-refractivity contribution >= 4 is 31.3 Å². The molecule has 1 unspecified atom stereocenters. The first kappa shape index (κ1) is 15.2. The van der Waals surface area contributed by atoms with Crippen LogP contribution in [0.25, 0.3) is 0 Å². The molecule has 1 aliphatic heterocycles. The van der Waals surface area contributed by atoms with Gasteiger partial charge in [-0.2, -0.15) is 0 Å². The number of carbonyl (C=O) groups excluding carboxylic acids is 1. The molecular formula is C12H13ClFNO4S. The maximum atomic E-state index is 13.8. The zero-order valence-corrected chi connectivity index (χ0v) is 12.2. The van der Waals surface area contributed by atoms with Gasteiger partial charge in [-0.25, -0.2) is 12.8 Å². The molecule has 1 aliphatic rings. The van der Waals surface area contributed by atoms with Gasteiger partial charge >= 0.3 is 0 Å².